The first-order valence-corrected chi connectivity index (χ1v) is 7.55. The van der Waals surface area contributed by atoms with Crippen LogP contribution >= 0.6 is 15.9 Å². The SMILES string of the molecule is OC(CNCc1ccccc1)COc1c(F)cc(Br)cc1F. The number of hydrogen-bond donors (Lipinski definition) is 2. The molecule has 0 aliphatic rings. The molecule has 0 radical (unpaired) electrons. The summed E-state index contributed by atoms with van der Waals surface area (Å²) in [5.74, 6) is -2.10. The summed E-state index contributed by atoms with van der Waals surface area (Å²) in [5.41, 5.74) is 1.08. The zero-order valence-electron chi connectivity index (χ0n) is 11.7. The molecule has 6 heteroatoms. The molecule has 0 aliphatic heterocycles. The van der Waals surface area contributed by atoms with E-state index in [0.29, 0.717) is 11.0 Å². The minimum absolute atomic E-state index is 0.197. The smallest absolute Gasteiger partial charge is 0.190 e. The van der Waals surface area contributed by atoms with Gasteiger partial charge < -0.3 is 15.2 Å². The van der Waals surface area contributed by atoms with Crippen LogP contribution in [0.5, 0.6) is 5.75 Å². The van der Waals surface area contributed by atoms with E-state index >= 15 is 0 Å². The zero-order chi connectivity index (χ0) is 15.9. The lowest BCUT2D eigenvalue weighted by Gasteiger charge is -2.14. The van der Waals surface area contributed by atoms with Crippen LogP contribution in [-0.2, 0) is 6.54 Å². The molecule has 0 aromatic heterocycles. The Morgan fingerprint density at radius 2 is 1.77 bits per heavy atom. The van der Waals surface area contributed by atoms with Crippen molar-refractivity contribution in [2.24, 2.45) is 0 Å². The second-order valence-electron chi connectivity index (χ2n) is 4.78. The third-order valence-corrected chi connectivity index (χ3v) is 3.39. The lowest BCUT2D eigenvalue weighted by atomic mass is 10.2. The molecule has 22 heavy (non-hydrogen) atoms. The molecule has 118 valence electrons. The highest BCUT2D eigenvalue weighted by atomic mass is 79.9. The molecule has 3 nitrogen and oxygen atoms in total. The number of hydrogen-bond acceptors (Lipinski definition) is 3. The molecular formula is C16H16BrF2NO2. The first-order chi connectivity index (χ1) is 10.6. The highest BCUT2D eigenvalue weighted by molar-refractivity contribution is 9.10. The van der Waals surface area contributed by atoms with E-state index in [4.69, 9.17) is 4.74 Å². The van der Waals surface area contributed by atoms with E-state index in [-0.39, 0.29) is 13.2 Å². The van der Waals surface area contributed by atoms with Gasteiger partial charge in [-0.2, -0.15) is 0 Å². The molecule has 2 aromatic carbocycles. The average Bonchev–Trinajstić information content (AvgIpc) is 2.47. The third-order valence-electron chi connectivity index (χ3n) is 2.94. The average molecular weight is 372 g/mol. The van der Waals surface area contributed by atoms with E-state index in [1.807, 2.05) is 30.3 Å². The van der Waals surface area contributed by atoms with Gasteiger partial charge in [-0.1, -0.05) is 46.3 Å². The van der Waals surface area contributed by atoms with Gasteiger partial charge in [-0.05, 0) is 17.7 Å². The number of halogens is 3. The normalized spacial score (nSPS) is 12.2. The molecule has 2 N–H and O–H groups in total. The predicted octanol–water partition coefficient (Wildman–Crippen LogP) is 3.26. The van der Waals surface area contributed by atoms with Crippen molar-refractivity contribution in [3.05, 3.63) is 64.1 Å². The van der Waals surface area contributed by atoms with Crippen LogP contribution in [0.2, 0.25) is 0 Å². The highest BCUT2D eigenvalue weighted by Crippen LogP contribution is 2.25. The fourth-order valence-electron chi connectivity index (χ4n) is 1.88. The number of benzene rings is 2. The molecule has 1 unspecified atom stereocenters. The number of rotatable bonds is 7. The Kier molecular flexibility index (Phi) is 6.30. The summed E-state index contributed by atoms with van der Waals surface area (Å²) >= 11 is 2.99. The molecule has 0 spiro atoms. The lowest BCUT2D eigenvalue weighted by Crippen LogP contribution is -2.31. The summed E-state index contributed by atoms with van der Waals surface area (Å²) in [7, 11) is 0. The number of ether oxygens (including phenoxy) is 1. The number of aliphatic hydroxyl groups is 1. The molecule has 0 amide bonds. The van der Waals surface area contributed by atoms with Crippen molar-refractivity contribution in [2.45, 2.75) is 12.6 Å². The van der Waals surface area contributed by atoms with Crippen molar-refractivity contribution in [1.82, 2.24) is 5.32 Å². The van der Waals surface area contributed by atoms with E-state index in [1.165, 1.54) is 0 Å². The largest absolute Gasteiger partial charge is 0.485 e. The highest BCUT2D eigenvalue weighted by Gasteiger charge is 2.14. The van der Waals surface area contributed by atoms with Gasteiger partial charge >= 0.3 is 0 Å². The Labute approximate surface area is 136 Å². The Morgan fingerprint density at radius 3 is 2.41 bits per heavy atom. The summed E-state index contributed by atoms with van der Waals surface area (Å²) in [4.78, 5) is 0. The van der Waals surface area contributed by atoms with Crippen molar-refractivity contribution in [3.63, 3.8) is 0 Å². The topological polar surface area (TPSA) is 41.5 Å². The first kappa shape index (κ1) is 16.9. The molecular weight excluding hydrogens is 356 g/mol. The quantitative estimate of drug-likeness (QED) is 0.784. The van der Waals surface area contributed by atoms with Crippen molar-refractivity contribution in [1.29, 1.82) is 0 Å². The summed E-state index contributed by atoms with van der Waals surface area (Å²) in [5, 5.41) is 12.8. The van der Waals surface area contributed by atoms with E-state index in [9.17, 15) is 13.9 Å². The fraction of sp³-hybridized carbons (Fsp3) is 0.250. The molecule has 2 aromatic rings. The Balaban J connectivity index is 1.77. The van der Waals surface area contributed by atoms with Gasteiger partial charge in [0.1, 0.15) is 12.7 Å². The van der Waals surface area contributed by atoms with Crippen molar-refractivity contribution < 1.29 is 18.6 Å². The van der Waals surface area contributed by atoms with Crippen LogP contribution in [0.4, 0.5) is 8.78 Å². The van der Waals surface area contributed by atoms with Gasteiger partial charge in [0, 0.05) is 17.6 Å². The maximum absolute atomic E-state index is 13.5. The fourth-order valence-corrected chi connectivity index (χ4v) is 2.29. The summed E-state index contributed by atoms with van der Waals surface area (Å²) in [6.45, 7) is 0.658. The zero-order valence-corrected chi connectivity index (χ0v) is 13.3. The molecule has 0 fully saturated rings. The van der Waals surface area contributed by atoms with Crippen molar-refractivity contribution in [3.8, 4) is 5.75 Å². The Hall–Kier alpha value is -1.50. The molecule has 0 saturated heterocycles. The maximum atomic E-state index is 13.5. The first-order valence-electron chi connectivity index (χ1n) is 6.76. The summed E-state index contributed by atoms with van der Waals surface area (Å²) in [6.07, 6.45) is -0.869. The second kappa shape index (κ2) is 8.22. The van der Waals surface area contributed by atoms with Crippen molar-refractivity contribution in [2.75, 3.05) is 13.2 Å². The monoisotopic (exact) mass is 371 g/mol. The van der Waals surface area contributed by atoms with E-state index in [1.54, 1.807) is 0 Å². The molecule has 0 saturated carbocycles. The van der Waals surface area contributed by atoms with Crippen LogP contribution in [0, 0.1) is 11.6 Å². The van der Waals surface area contributed by atoms with Gasteiger partial charge in [0.15, 0.2) is 17.4 Å². The lowest BCUT2D eigenvalue weighted by molar-refractivity contribution is 0.101. The number of aliphatic hydroxyl groups excluding tert-OH is 1. The van der Waals surface area contributed by atoms with Crippen LogP contribution < -0.4 is 10.1 Å². The van der Waals surface area contributed by atoms with E-state index in [0.717, 1.165) is 17.7 Å². The summed E-state index contributed by atoms with van der Waals surface area (Å²) < 4.78 is 32.4. The molecule has 1 atom stereocenters. The van der Waals surface area contributed by atoms with Gasteiger partial charge in [0.25, 0.3) is 0 Å². The molecule has 0 aliphatic carbocycles. The minimum atomic E-state index is -0.869. The van der Waals surface area contributed by atoms with Crippen LogP contribution in [0.25, 0.3) is 0 Å². The van der Waals surface area contributed by atoms with Gasteiger partial charge in [0.2, 0.25) is 0 Å². The predicted molar refractivity (Wildman–Crippen MR) is 83.7 cm³/mol. The van der Waals surface area contributed by atoms with Gasteiger partial charge in [0.05, 0.1) is 0 Å². The van der Waals surface area contributed by atoms with Crippen LogP contribution in [-0.4, -0.2) is 24.4 Å². The van der Waals surface area contributed by atoms with Gasteiger partial charge in [-0.15, -0.1) is 0 Å². The minimum Gasteiger partial charge on any atom is -0.485 e. The van der Waals surface area contributed by atoms with Gasteiger partial charge in [-0.25, -0.2) is 8.78 Å². The van der Waals surface area contributed by atoms with Crippen LogP contribution in [0.1, 0.15) is 5.56 Å². The molecule has 0 heterocycles. The third kappa shape index (κ3) is 5.05. The van der Waals surface area contributed by atoms with Crippen LogP contribution in [0.3, 0.4) is 0 Å². The van der Waals surface area contributed by atoms with Crippen LogP contribution in [0.15, 0.2) is 46.9 Å². The Bertz CT molecular complexity index is 587. The second-order valence-corrected chi connectivity index (χ2v) is 5.70. The standard InChI is InChI=1S/C16H16BrF2NO2/c17-12-6-14(18)16(15(19)7-12)22-10-13(21)9-20-8-11-4-2-1-3-5-11/h1-7,13,20-21H,8-10H2. The Morgan fingerprint density at radius 1 is 1.14 bits per heavy atom. The van der Waals surface area contributed by atoms with E-state index < -0.39 is 23.5 Å². The number of nitrogens with one attached hydrogen (secondary N) is 1. The molecule has 2 rings (SSSR count). The maximum Gasteiger partial charge on any atom is 0.190 e. The summed E-state index contributed by atoms with van der Waals surface area (Å²) in [6, 6.07) is 11.9. The van der Waals surface area contributed by atoms with Gasteiger partial charge in [-0.3, -0.25) is 0 Å². The molecule has 0 bridgehead atoms. The van der Waals surface area contributed by atoms with E-state index in [2.05, 4.69) is 21.2 Å². The van der Waals surface area contributed by atoms with Crippen molar-refractivity contribution >= 4 is 15.9 Å².